The molecule has 0 radical (unpaired) electrons. The maximum absolute atomic E-state index is 13.7. The molecule has 2 aromatic carbocycles. The molecule has 212 valence electrons. The summed E-state index contributed by atoms with van der Waals surface area (Å²) in [5.41, 5.74) is 3.02. The van der Waals surface area contributed by atoms with E-state index in [0.717, 1.165) is 43.6 Å². The number of hydrogen-bond acceptors (Lipinski definition) is 10. The summed E-state index contributed by atoms with van der Waals surface area (Å²) in [6.07, 6.45) is 3.29. The van der Waals surface area contributed by atoms with Crippen LogP contribution in [-0.4, -0.2) is 70.1 Å². The third kappa shape index (κ3) is 4.90. The van der Waals surface area contributed by atoms with Gasteiger partial charge in [-0.05, 0) is 62.5 Å². The molecule has 0 unspecified atom stereocenters. The van der Waals surface area contributed by atoms with Crippen LogP contribution in [0.4, 0.5) is 17.3 Å². The zero-order valence-corrected chi connectivity index (χ0v) is 23.6. The summed E-state index contributed by atoms with van der Waals surface area (Å²) in [7, 11) is 2.28. The predicted octanol–water partition coefficient (Wildman–Crippen LogP) is 4.42. The summed E-state index contributed by atoms with van der Waals surface area (Å²) in [5.74, 6) is 2.31. The van der Waals surface area contributed by atoms with E-state index in [4.69, 9.17) is 18.7 Å². The van der Waals surface area contributed by atoms with E-state index in [1.807, 2.05) is 6.07 Å². The van der Waals surface area contributed by atoms with Gasteiger partial charge >= 0.3 is 0 Å². The molecule has 40 heavy (non-hydrogen) atoms. The molecule has 1 atom stereocenters. The van der Waals surface area contributed by atoms with Crippen LogP contribution >= 0.6 is 0 Å². The number of H-pyrrole nitrogens is 1. The highest BCUT2D eigenvalue weighted by Crippen LogP contribution is 2.42. The first-order valence-electron chi connectivity index (χ1n) is 13.1. The zero-order chi connectivity index (χ0) is 28.0. The topological polar surface area (TPSA) is 144 Å². The standard InChI is InChI=1S/C27H32N6O6S/c1-33-8-7-16(14-33)17-9-23(37-3)26(24(10-17)38-4)40(34,35)32-27-18-11-22(36-2)20(12-21(18)39-31-27)28-25-13-19(29-30-25)15-5-6-15/h9-13,15-16H,5-8,14H2,1-4H3,(H,31,32)(H2,28,29,30)/t16-/m1/s1. The van der Waals surface area contributed by atoms with Gasteiger partial charge in [-0.15, -0.1) is 0 Å². The second-order valence-electron chi connectivity index (χ2n) is 10.3. The van der Waals surface area contributed by atoms with Crippen molar-refractivity contribution in [2.45, 2.75) is 36.0 Å². The van der Waals surface area contributed by atoms with Crippen molar-refractivity contribution in [3.05, 3.63) is 41.6 Å². The van der Waals surface area contributed by atoms with Gasteiger partial charge in [-0.3, -0.25) is 9.82 Å². The van der Waals surface area contributed by atoms with Crippen LogP contribution in [-0.2, 0) is 10.0 Å². The molecule has 0 bridgehead atoms. The minimum atomic E-state index is -4.19. The number of nitrogens with zero attached hydrogens (tertiary/aromatic N) is 3. The molecule has 0 spiro atoms. The average Bonchev–Trinajstić information content (AvgIpc) is 3.34. The molecule has 0 amide bonds. The van der Waals surface area contributed by atoms with Gasteiger partial charge in [0.1, 0.15) is 17.2 Å². The van der Waals surface area contributed by atoms with E-state index in [-0.39, 0.29) is 28.1 Å². The molecule has 3 heterocycles. The Labute approximate surface area is 232 Å². The van der Waals surface area contributed by atoms with E-state index in [9.17, 15) is 8.42 Å². The van der Waals surface area contributed by atoms with Gasteiger partial charge in [0.15, 0.2) is 22.1 Å². The minimum Gasteiger partial charge on any atom is -0.495 e. The lowest BCUT2D eigenvalue weighted by atomic mass is 9.98. The van der Waals surface area contributed by atoms with Crippen molar-refractivity contribution >= 4 is 38.3 Å². The van der Waals surface area contributed by atoms with Gasteiger partial charge in [0.25, 0.3) is 10.0 Å². The Morgan fingerprint density at radius 1 is 0.975 bits per heavy atom. The fraction of sp³-hybridized carbons (Fsp3) is 0.407. The molecule has 2 fully saturated rings. The molecule has 6 rings (SSSR count). The Bertz CT molecular complexity index is 1640. The molecule has 1 saturated carbocycles. The zero-order valence-electron chi connectivity index (χ0n) is 22.8. The highest BCUT2D eigenvalue weighted by atomic mass is 32.2. The smallest absolute Gasteiger partial charge is 0.270 e. The van der Waals surface area contributed by atoms with Crippen molar-refractivity contribution in [3.8, 4) is 17.2 Å². The van der Waals surface area contributed by atoms with Gasteiger partial charge in [0, 0.05) is 30.3 Å². The first-order chi connectivity index (χ1) is 19.3. The number of likely N-dealkylation sites (tertiary alicyclic amines) is 1. The number of anilines is 3. The van der Waals surface area contributed by atoms with Gasteiger partial charge < -0.3 is 29.0 Å². The van der Waals surface area contributed by atoms with E-state index in [2.05, 4.69) is 37.3 Å². The quantitative estimate of drug-likeness (QED) is 0.251. The second-order valence-corrected chi connectivity index (χ2v) is 11.9. The summed E-state index contributed by atoms with van der Waals surface area (Å²) in [6, 6.07) is 8.87. The first kappa shape index (κ1) is 26.3. The van der Waals surface area contributed by atoms with Gasteiger partial charge in [0.2, 0.25) is 0 Å². The molecule has 1 aliphatic heterocycles. The molecule has 1 aliphatic carbocycles. The third-order valence-electron chi connectivity index (χ3n) is 7.52. The highest BCUT2D eigenvalue weighted by molar-refractivity contribution is 7.93. The van der Waals surface area contributed by atoms with Crippen molar-refractivity contribution < 1.29 is 27.2 Å². The van der Waals surface area contributed by atoms with Crippen LogP contribution in [0.2, 0.25) is 0 Å². The van der Waals surface area contributed by atoms with Crippen LogP contribution in [0.15, 0.2) is 39.8 Å². The largest absolute Gasteiger partial charge is 0.495 e. The van der Waals surface area contributed by atoms with Gasteiger partial charge in [-0.25, -0.2) is 8.42 Å². The fourth-order valence-electron chi connectivity index (χ4n) is 5.23. The molecular weight excluding hydrogens is 536 g/mol. The number of aromatic nitrogens is 3. The molecular formula is C27H32N6O6S. The van der Waals surface area contributed by atoms with Crippen LogP contribution in [0.5, 0.6) is 17.2 Å². The van der Waals surface area contributed by atoms with E-state index in [1.165, 1.54) is 21.3 Å². The molecule has 4 aromatic rings. The number of methoxy groups -OCH3 is 3. The highest BCUT2D eigenvalue weighted by Gasteiger charge is 2.31. The first-order valence-corrected chi connectivity index (χ1v) is 14.5. The number of aromatic amines is 1. The summed E-state index contributed by atoms with van der Waals surface area (Å²) in [5, 5.41) is 15.1. The van der Waals surface area contributed by atoms with Crippen molar-refractivity contribution in [3.63, 3.8) is 0 Å². The monoisotopic (exact) mass is 568 g/mol. The summed E-state index contributed by atoms with van der Waals surface area (Å²) in [4.78, 5) is 2.13. The fourth-order valence-corrected chi connectivity index (χ4v) is 6.55. The number of ether oxygens (including phenoxy) is 3. The van der Waals surface area contributed by atoms with Crippen molar-refractivity contribution in [1.82, 2.24) is 20.3 Å². The number of nitrogens with one attached hydrogen (secondary N) is 3. The van der Waals surface area contributed by atoms with Crippen LogP contribution < -0.4 is 24.2 Å². The van der Waals surface area contributed by atoms with Crippen LogP contribution in [0, 0.1) is 0 Å². The lowest BCUT2D eigenvalue weighted by molar-refractivity contribution is 0.371. The molecule has 13 heteroatoms. The molecule has 3 N–H and O–H groups in total. The molecule has 1 saturated heterocycles. The summed E-state index contributed by atoms with van der Waals surface area (Å²) < 4.78 is 52.1. The number of sulfonamides is 1. The third-order valence-corrected chi connectivity index (χ3v) is 8.92. The molecule has 2 aliphatic rings. The second kappa shape index (κ2) is 10.2. The summed E-state index contributed by atoms with van der Waals surface area (Å²) in [6.45, 7) is 1.85. The lowest BCUT2D eigenvalue weighted by Gasteiger charge is -2.18. The SMILES string of the molecule is COc1cc2c(NS(=O)(=O)c3c(OC)cc([C@@H]4CCN(C)C4)cc3OC)noc2cc1Nc1cc(C2CC2)[nH]n1. The van der Waals surface area contributed by atoms with Crippen molar-refractivity contribution in [2.24, 2.45) is 0 Å². The van der Waals surface area contributed by atoms with Crippen molar-refractivity contribution in [1.29, 1.82) is 0 Å². The van der Waals surface area contributed by atoms with Gasteiger partial charge in [-0.1, -0.05) is 5.16 Å². The number of rotatable bonds is 10. The van der Waals surface area contributed by atoms with Gasteiger partial charge in [-0.2, -0.15) is 5.10 Å². The Hall–Kier alpha value is -3.97. The Balaban J connectivity index is 1.31. The molecule has 12 nitrogen and oxygen atoms in total. The van der Waals surface area contributed by atoms with Crippen molar-refractivity contribution in [2.75, 3.05) is 51.5 Å². The van der Waals surface area contributed by atoms with Crippen LogP contribution in [0.1, 0.15) is 42.4 Å². The minimum absolute atomic E-state index is 0.0150. The Morgan fingerprint density at radius 2 is 1.70 bits per heavy atom. The Kier molecular flexibility index (Phi) is 6.70. The van der Waals surface area contributed by atoms with E-state index in [0.29, 0.717) is 34.1 Å². The number of hydrogen-bond donors (Lipinski definition) is 3. The maximum atomic E-state index is 13.7. The Morgan fingerprint density at radius 3 is 2.33 bits per heavy atom. The van der Waals surface area contributed by atoms with Crippen LogP contribution in [0.25, 0.3) is 11.0 Å². The van der Waals surface area contributed by atoms with E-state index >= 15 is 0 Å². The lowest BCUT2D eigenvalue weighted by Crippen LogP contribution is -2.17. The van der Waals surface area contributed by atoms with E-state index in [1.54, 1.807) is 24.3 Å². The molecule has 2 aromatic heterocycles. The predicted molar refractivity (Wildman–Crippen MR) is 150 cm³/mol. The number of likely N-dealkylation sites (N-methyl/N-ethyl adjacent to an activating group) is 1. The maximum Gasteiger partial charge on any atom is 0.270 e. The van der Waals surface area contributed by atoms with Gasteiger partial charge in [0.05, 0.1) is 32.4 Å². The summed E-state index contributed by atoms with van der Waals surface area (Å²) >= 11 is 0. The normalized spacial score (nSPS) is 17.8. The number of fused-ring (bicyclic) bond motifs is 1. The van der Waals surface area contributed by atoms with Crippen LogP contribution in [0.3, 0.4) is 0 Å². The van der Waals surface area contributed by atoms with E-state index < -0.39 is 10.0 Å². The number of benzene rings is 2. The average molecular weight is 569 g/mol.